The molecule has 0 fully saturated rings. The van der Waals surface area contributed by atoms with Gasteiger partial charge in [-0.25, -0.2) is 8.78 Å². The average molecular weight is 201 g/mol. The Balaban J connectivity index is 2.55. The van der Waals surface area contributed by atoms with E-state index in [1.54, 1.807) is 0 Å². The van der Waals surface area contributed by atoms with Crippen LogP contribution in [0.25, 0.3) is 0 Å². The molecule has 0 saturated carbocycles. The Morgan fingerprint density at radius 2 is 2.07 bits per heavy atom. The Morgan fingerprint density at radius 1 is 1.36 bits per heavy atom. The second kappa shape index (κ2) is 4.69. The molecule has 4 heteroatoms. The van der Waals surface area contributed by atoms with E-state index < -0.39 is 17.6 Å². The zero-order valence-electron chi connectivity index (χ0n) is 7.52. The van der Waals surface area contributed by atoms with Gasteiger partial charge >= 0.3 is 5.97 Å². The van der Waals surface area contributed by atoms with Gasteiger partial charge in [0.15, 0.2) is 0 Å². The van der Waals surface area contributed by atoms with Gasteiger partial charge in [-0.05, 0) is 24.5 Å². The lowest BCUT2D eigenvalue weighted by atomic mass is 10.1. The van der Waals surface area contributed by atoms with Crippen molar-refractivity contribution in [3.63, 3.8) is 0 Å². The second-order valence-corrected chi connectivity index (χ2v) is 3.01. The van der Waals surface area contributed by atoms with E-state index >= 15 is 0 Å². The third kappa shape index (κ3) is 3.12. The quantitative estimate of drug-likeness (QED) is 0.681. The van der Waals surface area contributed by atoms with Crippen LogP contribution >= 0.6 is 0 Å². The maximum atomic E-state index is 13.0. The maximum absolute atomic E-state index is 13.0. The highest BCUT2D eigenvalue weighted by molar-refractivity contribution is 5.66. The first-order valence-corrected chi connectivity index (χ1v) is 4.28. The molecule has 2 nitrogen and oxygen atoms in total. The molecule has 2 N–H and O–H groups in total. The molecule has 0 aromatic heterocycles. The first-order valence-electron chi connectivity index (χ1n) is 4.28. The van der Waals surface area contributed by atoms with Gasteiger partial charge < -0.3 is 5.11 Å². The summed E-state index contributed by atoms with van der Waals surface area (Å²) in [6.07, 6.45) is 0.887. The van der Waals surface area contributed by atoms with Crippen molar-refractivity contribution in [3.05, 3.63) is 35.4 Å². The molecular weight excluding hydrogens is 190 g/mol. The molecule has 0 radical (unpaired) electrons. The highest BCUT2D eigenvalue weighted by atomic mass is 19.1. The lowest BCUT2D eigenvalue weighted by Gasteiger charge is -2.00. The van der Waals surface area contributed by atoms with Gasteiger partial charge in [0, 0.05) is 10.9 Å². The summed E-state index contributed by atoms with van der Waals surface area (Å²) in [5, 5.41) is 6.64. The van der Waals surface area contributed by atoms with Crippen LogP contribution in [0.15, 0.2) is 18.2 Å². The molecule has 0 aliphatic carbocycles. The fourth-order valence-corrected chi connectivity index (χ4v) is 1.16. The van der Waals surface area contributed by atoms with Crippen LogP contribution in [-0.2, 0) is 11.2 Å². The third-order valence-electron chi connectivity index (χ3n) is 1.87. The molecular formula is C10H11F2O2+. The lowest BCUT2D eigenvalue weighted by molar-refractivity contribution is -0.137. The van der Waals surface area contributed by atoms with Crippen LogP contribution in [0.4, 0.5) is 8.78 Å². The van der Waals surface area contributed by atoms with E-state index in [4.69, 9.17) is 5.11 Å². The van der Waals surface area contributed by atoms with Crippen LogP contribution in [0, 0.1) is 11.6 Å². The van der Waals surface area contributed by atoms with Crippen LogP contribution in [0.3, 0.4) is 0 Å². The Bertz CT molecular complexity index is 337. The molecule has 14 heavy (non-hydrogen) atoms. The van der Waals surface area contributed by atoms with E-state index in [1.807, 2.05) is 0 Å². The minimum Gasteiger partial charge on any atom is -0.565 e. The van der Waals surface area contributed by atoms with Crippen molar-refractivity contribution in [1.82, 2.24) is 0 Å². The molecule has 76 valence electrons. The van der Waals surface area contributed by atoms with Gasteiger partial charge in [0.2, 0.25) is 0 Å². The lowest BCUT2D eigenvalue weighted by Crippen LogP contribution is -1.97. The van der Waals surface area contributed by atoms with Gasteiger partial charge in [-0.1, -0.05) is 6.07 Å². The Hall–Kier alpha value is -1.45. The summed E-state index contributed by atoms with van der Waals surface area (Å²) in [5.41, 5.74) is 0.382. The van der Waals surface area contributed by atoms with Gasteiger partial charge in [0.25, 0.3) is 0 Å². The summed E-state index contributed by atoms with van der Waals surface area (Å²) >= 11 is 0. The number of rotatable bonds is 4. The first kappa shape index (κ1) is 10.6. The first-order chi connectivity index (χ1) is 6.59. The summed E-state index contributed by atoms with van der Waals surface area (Å²) in [4.78, 5) is 10.3. The molecule has 0 heterocycles. The number of carbonyl (C=O) groups is 1. The van der Waals surface area contributed by atoms with Crippen molar-refractivity contribution in [2.24, 2.45) is 0 Å². The molecule has 0 unspecified atom stereocenters. The van der Waals surface area contributed by atoms with Gasteiger partial charge in [0.05, 0.1) is 0 Å². The standard InChI is InChI=1S/C10H10F2O2/c11-8-5-4-7(9(12)6-8)2-1-3-10(13)14/h4-6H,1-3H2,(H,13,14)/p+1. The van der Waals surface area contributed by atoms with Crippen molar-refractivity contribution in [1.29, 1.82) is 0 Å². The monoisotopic (exact) mass is 201 g/mol. The molecule has 1 rings (SSSR count). The van der Waals surface area contributed by atoms with Gasteiger partial charge in [-0.2, -0.15) is 0 Å². The molecule has 0 bridgehead atoms. The normalized spacial score (nSPS) is 10.1. The van der Waals surface area contributed by atoms with Crippen LogP contribution in [-0.4, -0.2) is 11.1 Å². The van der Waals surface area contributed by atoms with E-state index in [0.717, 1.165) is 6.07 Å². The fraction of sp³-hybridized carbons (Fsp3) is 0.300. The van der Waals surface area contributed by atoms with Gasteiger partial charge in [0.1, 0.15) is 18.1 Å². The number of hydrogen-bond acceptors (Lipinski definition) is 1. The molecule has 1 aromatic rings. The highest BCUT2D eigenvalue weighted by Gasteiger charge is 2.08. The predicted octanol–water partition coefficient (Wildman–Crippen LogP) is 1.54. The number of carbonyl (C=O) groups excluding carboxylic acids is 1. The fourth-order valence-electron chi connectivity index (χ4n) is 1.16. The van der Waals surface area contributed by atoms with E-state index in [0.29, 0.717) is 18.4 Å². The molecule has 0 amide bonds. The van der Waals surface area contributed by atoms with Crippen molar-refractivity contribution >= 4 is 5.97 Å². The summed E-state index contributed by atoms with van der Waals surface area (Å²) in [5.74, 6) is -1.86. The van der Waals surface area contributed by atoms with Gasteiger partial charge in [-0.15, -0.1) is 0 Å². The second-order valence-electron chi connectivity index (χ2n) is 3.01. The van der Waals surface area contributed by atoms with E-state index in [1.165, 1.54) is 12.1 Å². The van der Waals surface area contributed by atoms with Crippen LogP contribution in [0.5, 0.6) is 0 Å². The number of hydrogen-bond donors (Lipinski definition) is 0. The minimum atomic E-state index is -0.660. The molecule has 0 aliphatic rings. The van der Waals surface area contributed by atoms with E-state index in [9.17, 15) is 13.6 Å². The largest absolute Gasteiger partial charge is 0.565 e. The highest BCUT2D eigenvalue weighted by Crippen LogP contribution is 2.12. The van der Waals surface area contributed by atoms with E-state index in [-0.39, 0.29) is 6.42 Å². The Labute approximate surface area is 80.2 Å². The smallest absolute Gasteiger partial charge is 0.515 e. The van der Waals surface area contributed by atoms with Crippen molar-refractivity contribution in [2.45, 2.75) is 19.3 Å². The number of halogens is 2. The topological polar surface area (TPSA) is 40.0 Å². The summed E-state index contributed by atoms with van der Waals surface area (Å²) in [7, 11) is 0. The molecule has 0 aliphatic heterocycles. The molecule has 0 atom stereocenters. The zero-order chi connectivity index (χ0) is 10.6. The Kier molecular flexibility index (Phi) is 3.56. The van der Waals surface area contributed by atoms with E-state index in [2.05, 4.69) is 0 Å². The number of aryl methyl sites for hydroxylation is 1. The SMILES string of the molecule is O=C([OH2+])CCCc1ccc(F)cc1F. The minimum absolute atomic E-state index is 0.108. The number of benzene rings is 1. The molecule has 0 saturated heterocycles. The van der Waals surface area contributed by atoms with Crippen molar-refractivity contribution < 1.29 is 18.7 Å². The average Bonchev–Trinajstić information content (AvgIpc) is 2.08. The predicted molar refractivity (Wildman–Crippen MR) is 47.9 cm³/mol. The van der Waals surface area contributed by atoms with Crippen molar-refractivity contribution in [3.8, 4) is 0 Å². The third-order valence-corrected chi connectivity index (χ3v) is 1.87. The van der Waals surface area contributed by atoms with Crippen LogP contribution < -0.4 is 0 Å². The van der Waals surface area contributed by atoms with Crippen LogP contribution in [0.1, 0.15) is 18.4 Å². The summed E-state index contributed by atoms with van der Waals surface area (Å²) in [6, 6.07) is 3.36. The van der Waals surface area contributed by atoms with Crippen molar-refractivity contribution in [2.75, 3.05) is 0 Å². The summed E-state index contributed by atoms with van der Waals surface area (Å²) < 4.78 is 25.5. The Morgan fingerprint density at radius 3 is 2.64 bits per heavy atom. The molecule has 0 spiro atoms. The zero-order valence-corrected chi connectivity index (χ0v) is 7.52. The van der Waals surface area contributed by atoms with Crippen LogP contribution in [0.2, 0.25) is 0 Å². The summed E-state index contributed by atoms with van der Waals surface area (Å²) in [6.45, 7) is 0. The van der Waals surface area contributed by atoms with Gasteiger partial charge in [-0.3, -0.25) is 0 Å². The maximum Gasteiger partial charge on any atom is 0.515 e. The molecule has 1 aromatic carbocycles.